The van der Waals surface area contributed by atoms with Gasteiger partial charge < -0.3 is 10.2 Å². The zero-order valence-electron chi connectivity index (χ0n) is 14.5. The predicted octanol–water partition coefficient (Wildman–Crippen LogP) is 3.02. The SMILES string of the molecule is CCCCN(C)C(=O)c1cc(C(=O)NCc2ccc(F)cc2)ccn1. The van der Waals surface area contributed by atoms with Crippen molar-refractivity contribution in [2.45, 2.75) is 26.3 Å². The molecule has 6 heteroatoms. The van der Waals surface area contributed by atoms with Crippen molar-refractivity contribution in [3.05, 3.63) is 65.2 Å². The van der Waals surface area contributed by atoms with Crippen LogP contribution in [0.15, 0.2) is 42.6 Å². The van der Waals surface area contributed by atoms with Crippen molar-refractivity contribution in [1.29, 1.82) is 0 Å². The average Bonchev–Trinajstić information content (AvgIpc) is 2.64. The third-order valence-corrected chi connectivity index (χ3v) is 3.80. The highest BCUT2D eigenvalue weighted by atomic mass is 19.1. The van der Waals surface area contributed by atoms with Gasteiger partial charge in [0.1, 0.15) is 11.5 Å². The standard InChI is InChI=1S/C19H22FN3O2/c1-3-4-11-23(2)19(25)17-12-15(9-10-21-17)18(24)22-13-14-5-7-16(20)8-6-14/h5-10,12H,3-4,11,13H2,1-2H3,(H,22,24). The molecule has 0 unspecified atom stereocenters. The predicted molar refractivity (Wildman–Crippen MR) is 93.7 cm³/mol. The summed E-state index contributed by atoms with van der Waals surface area (Å²) >= 11 is 0. The molecule has 0 saturated carbocycles. The minimum Gasteiger partial charge on any atom is -0.348 e. The van der Waals surface area contributed by atoms with Crippen LogP contribution in [0.2, 0.25) is 0 Å². The number of nitrogens with one attached hydrogen (secondary N) is 1. The summed E-state index contributed by atoms with van der Waals surface area (Å²) in [6.07, 6.45) is 3.37. The molecule has 1 N–H and O–H groups in total. The quantitative estimate of drug-likeness (QED) is 0.840. The van der Waals surface area contributed by atoms with Gasteiger partial charge in [-0.3, -0.25) is 14.6 Å². The lowest BCUT2D eigenvalue weighted by Gasteiger charge is -2.16. The Bertz CT molecular complexity index is 732. The lowest BCUT2D eigenvalue weighted by molar-refractivity contribution is 0.0787. The Kier molecular flexibility index (Phi) is 6.62. The first-order chi connectivity index (χ1) is 12.0. The van der Waals surface area contributed by atoms with Crippen LogP contribution in [-0.2, 0) is 6.54 Å². The molecule has 0 atom stereocenters. The number of unbranched alkanes of at least 4 members (excludes halogenated alkanes) is 1. The topological polar surface area (TPSA) is 62.3 Å². The first kappa shape index (κ1) is 18.6. The molecule has 0 aliphatic carbocycles. The Morgan fingerprint density at radius 1 is 1.20 bits per heavy atom. The Morgan fingerprint density at radius 3 is 2.60 bits per heavy atom. The van der Waals surface area contributed by atoms with Gasteiger partial charge in [-0.15, -0.1) is 0 Å². The lowest BCUT2D eigenvalue weighted by atomic mass is 10.2. The highest BCUT2D eigenvalue weighted by Crippen LogP contribution is 2.07. The molecule has 0 fully saturated rings. The minimum atomic E-state index is -0.320. The lowest BCUT2D eigenvalue weighted by Crippen LogP contribution is -2.29. The number of aromatic nitrogens is 1. The summed E-state index contributed by atoms with van der Waals surface area (Å²) in [5, 5.41) is 2.75. The van der Waals surface area contributed by atoms with Crippen molar-refractivity contribution >= 4 is 11.8 Å². The number of hydrogen-bond acceptors (Lipinski definition) is 3. The summed E-state index contributed by atoms with van der Waals surface area (Å²) in [4.78, 5) is 30.3. The van der Waals surface area contributed by atoms with Crippen molar-refractivity contribution in [3.8, 4) is 0 Å². The van der Waals surface area contributed by atoms with E-state index >= 15 is 0 Å². The van der Waals surface area contributed by atoms with Crippen molar-refractivity contribution < 1.29 is 14.0 Å². The highest BCUT2D eigenvalue weighted by Gasteiger charge is 2.15. The fourth-order valence-corrected chi connectivity index (χ4v) is 2.27. The molecule has 1 heterocycles. The average molecular weight is 343 g/mol. The second-order valence-electron chi connectivity index (χ2n) is 5.82. The maximum atomic E-state index is 12.9. The molecule has 0 radical (unpaired) electrons. The zero-order valence-corrected chi connectivity index (χ0v) is 14.5. The molecule has 132 valence electrons. The van der Waals surface area contributed by atoms with E-state index in [0.717, 1.165) is 18.4 Å². The van der Waals surface area contributed by atoms with Gasteiger partial charge in [0.15, 0.2) is 0 Å². The first-order valence-corrected chi connectivity index (χ1v) is 8.25. The summed E-state index contributed by atoms with van der Waals surface area (Å²) in [7, 11) is 1.72. The third kappa shape index (κ3) is 5.38. The smallest absolute Gasteiger partial charge is 0.272 e. The molecular formula is C19H22FN3O2. The van der Waals surface area contributed by atoms with E-state index in [4.69, 9.17) is 0 Å². The summed E-state index contributed by atoms with van der Waals surface area (Å²) in [6, 6.07) is 8.96. The number of pyridine rings is 1. The largest absolute Gasteiger partial charge is 0.348 e. The molecule has 2 amide bonds. The van der Waals surface area contributed by atoms with Gasteiger partial charge >= 0.3 is 0 Å². The summed E-state index contributed by atoms with van der Waals surface area (Å²) in [5.74, 6) is -0.835. The van der Waals surface area contributed by atoms with E-state index < -0.39 is 0 Å². The molecule has 2 aromatic rings. The van der Waals surface area contributed by atoms with Crippen LogP contribution in [0, 0.1) is 5.82 Å². The second kappa shape index (κ2) is 8.92. The van der Waals surface area contributed by atoms with Crippen molar-refractivity contribution in [2.75, 3.05) is 13.6 Å². The Morgan fingerprint density at radius 2 is 1.92 bits per heavy atom. The number of hydrogen-bond donors (Lipinski definition) is 1. The molecule has 1 aromatic heterocycles. The van der Waals surface area contributed by atoms with E-state index in [1.54, 1.807) is 30.1 Å². The summed E-state index contributed by atoms with van der Waals surface area (Å²) in [5.41, 5.74) is 1.40. The number of nitrogens with zero attached hydrogens (tertiary/aromatic N) is 2. The van der Waals surface area contributed by atoms with Crippen molar-refractivity contribution in [3.63, 3.8) is 0 Å². The number of benzene rings is 1. The van der Waals surface area contributed by atoms with Gasteiger partial charge in [-0.05, 0) is 36.2 Å². The van der Waals surface area contributed by atoms with Crippen LogP contribution in [0.1, 0.15) is 46.2 Å². The van der Waals surface area contributed by atoms with Gasteiger partial charge in [0.05, 0.1) is 0 Å². The van der Waals surface area contributed by atoms with Gasteiger partial charge in [0.2, 0.25) is 0 Å². The Balaban J connectivity index is 2.00. The maximum absolute atomic E-state index is 12.9. The van der Waals surface area contributed by atoms with Gasteiger partial charge in [-0.2, -0.15) is 0 Å². The molecule has 2 rings (SSSR count). The molecule has 0 aliphatic heterocycles. The fourth-order valence-electron chi connectivity index (χ4n) is 2.27. The van der Waals surface area contributed by atoms with E-state index in [9.17, 15) is 14.0 Å². The summed E-state index contributed by atoms with van der Waals surface area (Å²) < 4.78 is 12.9. The second-order valence-corrected chi connectivity index (χ2v) is 5.82. The number of carbonyl (C=O) groups is 2. The van der Waals surface area contributed by atoms with Gasteiger partial charge in [-0.1, -0.05) is 25.5 Å². The van der Waals surface area contributed by atoms with Crippen molar-refractivity contribution in [1.82, 2.24) is 15.2 Å². The monoisotopic (exact) mass is 343 g/mol. The molecule has 0 bridgehead atoms. The van der Waals surface area contributed by atoms with E-state index in [2.05, 4.69) is 17.2 Å². The van der Waals surface area contributed by atoms with Crippen LogP contribution in [0.25, 0.3) is 0 Å². The number of carbonyl (C=O) groups excluding carboxylic acids is 2. The van der Waals surface area contributed by atoms with Crippen LogP contribution in [-0.4, -0.2) is 35.3 Å². The maximum Gasteiger partial charge on any atom is 0.272 e. The van der Waals surface area contributed by atoms with Gasteiger partial charge in [-0.25, -0.2) is 4.39 Å². The van der Waals surface area contributed by atoms with E-state index in [0.29, 0.717) is 12.1 Å². The minimum absolute atomic E-state index is 0.207. The summed E-state index contributed by atoms with van der Waals surface area (Å²) in [6.45, 7) is 2.99. The molecular weight excluding hydrogens is 321 g/mol. The number of halogens is 1. The molecule has 0 saturated heterocycles. The zero-order chi connectivity index (χ0) is 18.2. The van der Waals surface area contributed by atoms with Gasteiger partial charge in [0.25, 0.3) is 11.8 Å². The van der Waals surface area contributed by atoms with Crippen LogP contribution < -0.4 is 5.32 Å². The van der Waals surface area contributed by atoms with Crippen molar-refractivity contribution in [2.24, 2.45) is 0 Å². The molecule has 0 aliphatic rings. The first-order valence-electron chi connectivity index (χ1n) is 8.25. The van der Waals surface area contributed by atoms with Crippen LogP contribution in [0.3, 0.4) is 0 Å². The molecule has 5 nitrogen and oxygen atoms in total. The van der Waals surface area contributed by atoms with E-state index in [1.807, 2.05) is 0 Å². The Labute approximate surface area is 146 Å². The molecule has 25 heavy (non-hydrogen) atoms. The fraction of sp³-hybridized carbons (Fsp3) is 0.316. The molecule has 1 aromatic carbocycles. The van der Waals surface area contributed by atoms with E-state index in [-0.39, 0.29) is 29.9 Å². The Hall–Kier alpha value is -2.76. The van der Waals surface area contributed by atoms with Gasteiger partial charge in [0, 0.05) is 31.9 Å². The van der Waals surface area contributed by atoms with Crippen LogP contribution in [0.4, 0.5) is 4.39 Å². The molecule has 0 spiro atoms. The van der Waals surface area contributed by atoms with E-state index in [1.165, 1.54) is 24.4 Å². The highest BCUT2D eigenvalue weighted by molar-refractivity contribution is 5.98. The van der Waals surface area contributed by atoms with Crippen LogP contribution >= 0.6 is 0 Å². The normalized spacial score (nSPS) is 10.4. The third-order valence-electron chi connectivity index (χ3n) is 3.80. The van der Waals surface area contributed by atoms with Crippen LogP contribution in [0.5, 0.6) is 0 Å². The number of rotatable bonds is 7. The number of amides is 2.